The van der Waals surface area contributed by atoms with E-state index < -0.39 is 0 Å². The first kappa shape index (κ1) is 23.5. The minimum absolute atomic E-state index is 0. The lowest BCUT2D eigenvalue weighted by Gasteiger charge is -2.09. The van der Waals surface area contributed by atoms with Gasteiger partial charge in [0.25, 0.3) is 0 Å². The van der Waals surface area contributed by atoms with Gasteiger partial charge in [-0.15, -0.1) is 0 Å². The predicted molar refractivity (Wildman–Crippen MR) is 97.4 cm³/mol. The van der Waals surface area contributed by atoms with Crippen LogP contribution in [0.25, 0.3) is 0 Å². The smallest absolute Gasteiger partial charge is 0.246 e. The Morgan fingerprint density at radius 3 is 1.96 bits per heavy atom. The largest absolute Gasteiger partial charge is 0.377 e. The number of nitrogens with one attached hydrogen (secondary N) is 2. The maximum absolute atomic E-state index is 11.5. The van der Waals surface area contributed by atoms with Crippen molar-refractivity contribution >= 4 is 17.6 Å². The quantitative estimate of drug-likeness (QED) is 0.414. The molecule has 0 aliphatic rings. The van der Waals surface area contributed by atoms with E-state index in [1.165, 1.54) is 0 Å². The van der Waals surface area contributed by atoms with Gasteiger partial charge >= 0.3 is 0 Å². The minimum atomic E-state index is -0.247. The summed E-state index contributed by atoms with van der Waals surface area (Å²) in [7, 11) is 0. The third-order valence-corrected chi connectivity index (χ3v) is 3.13. The predicted octanol–water partition coefficient (Wildman–Crippen LogP) is 0.642. The van der Waals surface area contributed by atoms with E-state index in [-0.39, 0.29) is 52.1 Å². The normalized spacial score (nSPS) is 11.0. The Bertz CT molecular complexity index is 409. The van der Waals surface area contributed by atoms with Crippen molar-refractivity contribution in [1.29, 1.82) is 0 Å². The standard InChI is InChI=1S/C17H32N2O6.2H2/c1-13(2)15(20)11-24-8-5-18-16(21)12-25-10-9-23-7-6-19-17(22)14(3)4;;/h13-14H,5-12H2,1-4H3,(H,18,21)(H,19,22);2*1H. The van der Waals surface area contributed by atoms with Gasteiger partial charge in [-0.3, -0.25) is 14.4 Å². The summed E-state index contributed by atoms with van der Waals surface area (Å²) < 4.78 is 15.6. The van der Waals surface area contributed by atoms with Crippen LogP contribution < -0.4 is 10.6 Å². The number of rotatable bonds is 15. The molecule has 25 heavy (non-hydrogen) atoms. The molecule has 150 valence electrons. The van der Waals surface area contributed by atoms with Crippen molar-refractivity contribution in [2.75, 3.05) is 52.7 Å². The number of ether oxygens (including phenoxy) is 3. The lowest BCUT2D eigenvalue weighted by molar-refractivity contribution is -0.127. The SMILES string of the molecule is CC(C)C(=O)COCCNC(=O)COCCOCCNC(=O)C(C)C.[HH].[HH]. The van der Waals surface area contributed by atoms with Crippen LogP contribution in [0.5, 0.6) is 0 Å². The molecule has 0 heterocycles. The molecule has 0 spiro atoms. The summed E-state index contributed by atoms with van der Waals surface area (Å²) in [6.07, 6.45) is 0. The van der Waals surface area contributed by atoms with Crippen molar-refractivity contribution in [3.8, 4) is 0 Å². The van der Waals surface area contributed by atoms with Crippen LogP contribution in [0.4, 0.5) is 0 Å². The number of carbonyl (C=O) groups excluding carboxylic acids is 3. The first-order chi connectivity index (χ1) is 11.8. The van der Waals surface area contributed by atoms with E-state index in [0.717, 1.165) is 0 Å². The molecule has 0 aromatic heterocycles. The number of Topliss-reactive ketones (excluding diaryl/α,β-unsaturated/α-hetero) is 1. The Morgan fingerprint density at radius 2 is 1.32 bits per heavy atom. The second-order valence-corrected chi connectivity index (χ2v) is 6.13. The topological polar surface area (TPSA) is 103 Å². The van der Waals surface area contributed by atoms with E-state index in [4.69, 9.17) is 14.2 Å². The maximum Gasteiger partial charge on any atom is 0.246 e. The summed E-state index contributed by atoms with van der Waals surface area (Å²) in [4.78, 5) is 34.1. The van der Waals surface area contributed by atoms with Crippen LogP contribution >= 0.6 is 0 Å². The molecule has 0 fully saturated rings. The van der Waals surface area contributed by atoms with Gasteiger partial charge in [0.2, 0.25) is 11.8 Å². The van der Waals surface area contributed by atoms with Gasteiger partial charge < -0.3 is 24.8 Å². The van der Waals surface area contributed by atoms with Crippen LogP contribution in [-0.2, 0) is 28.6 Å². The second kappa shape index (κ2) is 14.8. The lowest BCUT2D eigenvalue weighted by atomic mass is 10.1. The molecule has 0 radical (unpaired) electrons. The molecule has 0 atom stereocenters. The van der Waals surface area contributed by atoms with Gasteiger partial charge in [0.1, 0.15) is 13.2 Å². The van der Waals surface area contributed by atoms with Crippen molar-refractivity contribution in [3.05, 3.63) is 0 Å². The Hall–Kier alpha value is -1.51. The fourth-order valence-corrected chi connectivity index (χ4v) is 1.49. The minimum Gasteiger partial charge on any atom is -0.377 e. The summed E-state index contributed by atoms with van der Waals surface area (Å²) >= 11 is 0. The molecule has 0 aromatic rings. The molecular weight excluding hydrogens is 328 g/mol. The molecular formula is C17H36N2O6. The number of hydrogen-bond acceptors (Lipinski definition) is 6. The maximum atomic E-state index is 11.5. The fourth-order valence-electron chi connectivity index (χ4n) is 1.49. The monoisotopic (exact) mass is 364 g/mol. The molecule has 0 rings (SSSR count). The molecule has 8 nitrogen and oxygen atoms in total. The van der Waals surface area contributed by atoms with E-state index in [1.807, 2.05) is 27.7 Å². The molecule has 8 heteroatoms. The summed E-state index contributed by atoms with van der Waals surface area (Å²) in [6.45, 7) is 9.42. The number of amides is 2. The first-order valence-electron chi connectivity index (χ1n) is 8.65. The average molecular weight is 364 g/mol. The highest BCUT2D eigenvalue weighted by Gasteiger charge is 2.07. The number of carbonyl (C=O) groups is 3. The third-order valence-electron chi connectivity index (χ3n) is 3.13. The molecule has 2 N–H and O–H groups in total. The van der Waals surface area contributed by atoms with Crippen molar-refractivity contribution in [2.24, 2.45) is 11.8 Å². The fraction of sp³-hybridized carbons (Fsp3) is 0.824. The number of ketones is 1. The first-order valence-corrected chi connectivity index (χ1v) is 8.65. The molecule has 0 aliphatic carbocycles. The average Bonchev–Trinajstić information content (AvgIpc) is 2.56. The van der Waals surface area contributed by atoms with E-state index in [0.29, 0.717) is 32.9 Å². The van der Waals surface area contributed by atoms with Gasteiger partial charge in [-0.2, -0.15) is 0 Å². The Balaban J connectivity index is -0.00000288. The summed E-state index contributed by atoms with van der Waals surface area (Å²) in [5.74, 6) is -0.296. The van der Waals surface area contributed by atoms with Gasteiger partial charge in [0, 0.05) is 27.8 Å². The van der Waals surface area contributed by atoms with E-state index in [2.05, 4.69) is 10.6 Å². The Labute approximate surface area is 152 Å². The highest BCUT2D eigenvalue weighted by Crippen LogP contribution is 1.94. The zero-order valence-electron chi connectivity index (χ0n) is 15.8. The van der Waals surface area contributed by atoms with Crippen LogP contribution in [0.2, 0.25) is 0 Å². The molecule has 0 saturated heterocycles. The van der Waals surface area contributed by atoms with Gasteiger partial charge in [-0.25, -0.2) is 0 Å². The molecule has 0 unspecified atom stereocenters. The molecule has 0 bridgehead atoms. The van der Waals surface area contributed by atoms with Crippen LogP contribution in [0.15, 0.2) is 0 Å². The zero-order valence-corrected chi connectivity index (χ0v) is 15.8. The van der Waals surface area contributed by atoms with Crippen molar-refractivity contribution in [2.45, 2.75) is 27.7 Å². The van der Waals surface area contributed by atoms with Crippen molar-refractivity contribution in [1.82, 2.24) is 10.6 Å². The van der Waals surface area contributed by atoms with Gasteiger partial charge in [-0.1, -0.05) is 27.7 Å². The Kier molecular flexibility index (Phi) is 13.9. The third kappa shape index (κ3) is 14.5. The lowest BCUT2D eigenvalue weighted by Crippen LogP contribution is -2.32. The van der Waals surface area contributed by atoms with Crippen molar-refractivity contribution < 1.29 is 31.4 Å². The van der Waals surface area contributed by atoms with Crippen LogP contribution in [0, 0.1) is 11.8 Å². The highest BCUT2D eigenvalue weighted by molar-refractivity contribution is 5.81. The Morgan fingerprint density at radius 1 is 0.760 bits per heavy atom. The summed E-state index contributed by atoms with van der Waals surface area (Å²) in [5, 5.41) is 5.37. The van der Waals surface area contributed by atoms with Gasteiger partial charge in [-0.05, 0) is 0 Å². The van der Waals surface area contributed by atoms with Gasteiger partial charge in [0.15, 0.2) is 5.78 Å². The van der Waals surface area contributed by atoms with Crippen LogP contribution in [-0.4, -0.2) is 70.3 Å². The second-order valence-electron chi connectivity index (χ2n) is 6.13. The summed E-state index contributed by atoms with van der Waals surface area (Å²) in [5.41, 5.74) is 0. The zero-order chi connectivity index (χ0) is 19.1. The molecule has 0 aromatic carbocycles. The van der Waals surface area contributed by atoms with Gasteiger partial charge in [0.05, 0.1) is 26.4 Å². The molecule has 2 amide bonds. The van der Waals surface area contributed by atoms with Crippen molar-refractivity contribution in [3.63, 3.8) is 0 Å². The molecule has 0 aliphatic heterocycles. The van der Waals surface area contributed by atoms with Crippen LogP contribution in [0.3, 0.4) is 0 Å². The van der Waals surface area contributed by atoms with E-state index in [1.54, 1.807) is 0 Å². The van der Waals surface area contributed by atoms with Crippen LogP contribution in [0.1, 0.15) is 30.5 Å². The van der Waals surface area contributed by atoms with E-state index >= 15 is 0 Å². The van der Waals surface area contributed by atoms with E-state index in [9.17, 15) is 14.4 Å². The highest BCUT2D eigenvalue weighted by atomic mass is 16.5. The summed E-state index contributed by atoms with van der Waals surface area (Å²) in [6, 6.07) is 0. The number of hydrogen-bond donors (Lipinski definition) is 2. The molecule has 0 saturated carbocycles.